The molecule has 0 saturated heterocycles. The summed E-state index contributed by atoms with van der Waals surface area (Å²) in [5.74, 6) is 0.570. The molecule has 1 fully saturated rings. The molecular weight excluding hydrogens is 400 g/mol. The van der Waals surface area contributed by atoms with Crippen molar-refractivity contribution >= 4 is 29.5 Å². The third kappa shape index (κ3) is 4.57. The Hall–Kier alpha value is -2.11. The van der Waals surface area contributed by atoms with Crippen LogP contribution in [0, 0.1) is 4.77 Å². The van der Waals surface area contributed by atoms with Crippen LogP contribution in [-0.4, -0.2) is 27.7 Å². The number of halogens is 1. The number of rotatable bonds is 6. The number of hydrogen-bond donors (Lipinski definition) is 0. The van der Waals surface area contributed by atoms with Crippen molar-refractivity contribution in [3.8, 4) is 5.69 Å². The lowest BCUT2D eigenvalue weighted by Gasteiger charge is -2.22. The standard InChI is InChI=1S/C23H27ClN4S/c1-26(20-11-13-25-14-12-20)15-16-27-17-22(18-5-3-2-4-6-18)28(23(27)29)21-9-7-19(24)8-10-21/h7-14,17-18H,2-6,15-16H2,1H3. The number of pyridine rings is 1. The lowest BCUT2D eigenvalue weighted by Crippen LogP contribution is -2.22. The van der Waals surface area contributed by atoms with Gasteiger partial charge in [0.15, 0.2) is 4.77 Å². The Balaban J connectivity index is 1.64. The van der Waals surface area contributed by atoms with Gasteiger partial charge in [-0.3, -0.25) is 9.55 Å². The van der Waals surface area contributed by atoms with Crippen LogP contribution >= 0.6 is 23.8 Å². The van der Waals surface area contributed by atoms with E-state index in [0.29, 0.717) is 5.92 Å². The largest absolute Gasteiger partial charge is 0.373 e. The summed E-state index contributed by atoms with van der Waals surface area (Å²) in [7, 11) is 2.11. The van der Waals surface area contributed by atoms with Crippen LogP contribution in [0.15, 0.2) is 55.0 Å². The van der Waals surface area contributed by atoms with Crippen molar-refractivity contribution in [1.29, 1.82) is 0 Å². The maximum atomic E-state index is 6.12. The highest BCUT2D eigenvalue weighted by molar-refractivity contribution is 7.71. The molecule has 1 aliphatic rings. The van der Waals surface area contributed by atoms with Gasteiger partial charge in [-0.05, 0) is 61.5 Å². The second-order valence-electron chi connectivity index (χ2n) is 7.80. The van der Waals surface area contributed by atoms with Crippen molar-refractivity contribution in [3.63, 3.8) is 0 Å². The van der Waals surface area contributed by atoms with Crippen LogP contribution < -0.4 is 4.90 Å². The summed E-state index contributed by atoms with van der Waals surface area (Å²) in [5, 5.41) is 0.748. The van der Waals surface area contributed by atoms with Gasteiger partial charge in [0.05, 0.1) is 0 Å². The van der Waals surface area contributed by atoms with Crippen molar-refractivity contribution in [3.05, 3.63) is 70.5 Å². The van der Waals surface area contributed by atoms with Crippen molar-refractivity contribution in [2.45, 2.75) is 44.6 Å². The van der Waals surface area contributed by atoms with Gasteiger partial charge in [-0.15, -0.1) is 0 Å². The minimum Gasteiger partial charge on any atom is -0.373 e. The zero-order valence-corrected chi connectivity index (χ0v) is 18.4. The Morgan fingerprint density at radius 1 is 1.07 bits per heavy atom. The van der Waals surface area contributed by atoms with Crippen molar-refractivity contribution < 1.29 is 0 Å². The van der Waals surface area contributed by atoms with E-state index < -0.39 is 0 Å². The highest BCUT2D eigenvalue weighted by Gasteiger charge is 2.22. The normalized spacial score (nSPS) is 14.8. The zero-order valence-electron chi connectivity index (χ0n) is 16.8. The molecule has 152 valence electrons. The number of benzene rings is 1. The maximum Gasteiger partial charge on any atom is 0.184 e. The van der Waals surface area contributed by atoms with Crippen LogP contribution in [0.4, 0.5) is 5.69 Å². The fourth-order valence-corrected chi connectivity index (χ4v) is 4.67. The molecule has 1 aromatic carbocycles. The average molecular weight is 427 g/mol. The molecule has 0 N–H and O–H groups in total. The number of anilines is 1. The first kappa shape index (κ1) is 20.2. The topological polar surface area (TPSA) is 26.0 Å². The van der Waals surface area contributed by atoms with Crippen LogP contribution in [0.25, 0.3) is 5.69 Å². The predicted molar refractivity (Wildman–Crippen MR) is 123 cm³/mol. The van der Waals surface area contributed by atoms with Gasteiger partial charge in [-0.2, -0.15) is 0 Å². The number of likely N-dealkylation sites (N-methyl/N-ethyl adjacent to an activating group) is 1. The lowest BCUT2D eigenvalue weighted by molar-refractivity contribution is 0.432. The van der Waals surface area contributed by atoms with E-state index in [9.17, 15) is 0 Å². The molecule has 3 aromatic rings. The maximum absolute atomic E-state index is 6.12. The van der Waals surface area contributed by atoms with Gasteiger partial charge < -0.3 is 9.47 Å². The van der Waals surface area contributed by atoms with E-state index in [0.717, 1.165) is 34.3 Å². The highest BCUT2D eigenvalue weighted by Crippen LogP contribution is 2.34. The molecule has 0 amide bonds. The molecule has 4 nitrogen and oxygen atoms in total. The van der Waals surface area contributed by atoms with Crippen LogP contribution in [0.1, 0.15) is 43.7 Å². The third-order valence-electron chi connectivity index (χ3n) is 5.87. The monoisotopic (exact) mass is 426 g/mol. The van der Waals surface area contributed by atoms with E-state index in [1.807, 2.05) is 36.7 Å². The number of hydrogen-bond acceptors (Lipinski definition) is 3. The van der Waals surface area contributed by atoms with Gasteiger partial charge in [0, 0.05) is 66.7 Å². The van der Waals surface area contributed by atoms with E-state index in [2.05, 4.69) is 44.4 Å². The Morgan fingerprint density at radius 2 is 1.76 bits per heavy atom. The van der Waals surface area contributed by atoms with Crippen LogP contribution in [-0.2, 0) is 6.54 Å². The second kappa shape index (κ2) is 9.14. The Labute approximate surface area is 182 Å². The van der Waals surface area contributed by atoms with E-state index in [1.165, 1.54) is 37.8 Å². The SMILES string of the molecule is CN(CCn1cc(C2CCCCC2)n(-c2ccc(Cl)cc2)c1=S)c1ccncc1. The van der Waals surface area contributed by atoms with Gasteiger partial charge in [0.25, 0.3) is 0 Å². The molecule has 0 atom stereocenters. The molecule has 0 bridgehead atoms. The average Bonchev–Trinajstić information content (AvgIpc) is 3.10. The molecule has 2 heterocycles. The first-order valence-corrected chi connectivity index (χ1v) is 11.1. The van der Waals surface area contributed by atoms with Crippen LogP contribution in [0.5, 0.6) is 0 Å². The minimum absolute atomic E-state index is 0.570. The molecule has 2 aromatic heterocycles. The van der Waals surface area contributed by atoms with Gasteiger partial charge in [-0.1, -0.05) is 30.9 Å². The molecule has 1 saturated carbocycles. The van der Waals surface area contributed by atoms with Crippen molar-refractivity contribution in [2.75, 3.05) is 18.5 Å². The molecule has 0 unspecified atom stereocenters. The summed E-state index contributed by atoms with van der Waals surface area (Å²) in [5.41, 5.74) is 3.60. The fourth-order valence-electron chi connectivity index (χ4n) is 4.19. The summed E-state index contributed by atoms with van der Waals surface area (Å²) in [6, 6.07) is 12.1. The molecule has 6 heteroatoms. The highest BCUT2D eigenvalue weighted by atomic mass is 35.5. The summed E-state index contributed by atoms with van der Waals surface area (Å²) in [6.45, 7) is 1.73. The smallest absolute Gasteiger partial charge is 0.184 e. The van der Waals surface area contributed by atoms with E-state index in [-0.39, 0.29) is 0 Å². The van der Waals surface area contributed by atoms with E-state index >= 15 is 0 Å². The van der Waals surface area contributed by atoms with E-state index in [4.69, 9.17) is 23.8 Å². The van der Waals surface area contributed by atoms with Crippen molar-refractivity contribution in [2.24, 2.45) is 0 Å². The molecule has 0 radical (unpaired) electrons. The summed E-state index contributed by atoms with van der Waals surface area (Å²) in [6.07, 6.45) is 12.4. The number of nitrogens with zero attached hydrogens (tertiary/aromatic N) is 4. The minimum atomic E-state index is 0.570. The molecule has 1 aliphatic carbocycles. The zero-order chi connectivity index (χ0) is 20.2. The van der Waals surface area contributed by atoms with Gasteiger partial charge in [0.1, 0.15) is 0 Å². The molecular formula is C23H27ClN4S. The summed E-state index contributed by atoms with van der Waals surface area (Å²) < 4.78 is 5.34. The lowest BCUT2D eigenvalue weighted by atomic mass is 9.87. The first-order chi connectivity index (χ1) is 14.1. The Bertz CT molecular complexity index is 988. The van der Waals surface area contributed by atoms with Gasteiger partial charge in [0.2, 0.25) is 0 Å². The van der Waals surface area contributed by atoms with Crippen molar-refractivity contribution in [1.82, 2.24) is 14.1 Å². The molecule has 4 rings (SSSR count). The molecule has 29 heavy (non-hydrogen) atoms. The fraction of sp³-hybridized carbons (Fsp3) is 0.391. The summed E-state index contributed by atoms with van der Waals surface area (Å²) >= 11 is 12.1. The van der Waals surface area contributed by atoms with Crippen LogP contribution in [0.3, 0.4) is 0 Å². The van der Waals surface area contributed by atoms with Gasteiger partial charge >= 0.3 is 0 Å². The van der Waals surface area contributed by atoms with E-state index in [1.54, 1.807) is 0 Å². The van der Waals surface area contributed by atoms with Gasteiger partial charge in [-0.25, -0.2) is 0 Å². The first-order valence-electron chi connectivity index (χ1n) is 10.3. The Kier molecular flexibility index (Phi) is 6.36. The Morgan fingerprint density at radius 3 is 2.45 bits per heavy atom. The quantitative estimate of drug-likeness (QED) is 0.436. The predicted octanol–water partition coefficient (Wildman–Crippen LogP) is 6.24. The third-order valence-corrected chi connectivity index (χ3v) is 6.54. The number of aromatic nitrogens is 3. The number of imidazole rings is 1. The summed E-state index contributed by atoms with van der Waals surface area (Å²) in [4.78, 5) is 6.34. The second-order valence-corrected chi connectivity index (χ2v) is 8.61. The van der Waals surface area contributed by atoms with Crippen LogP contribution in [0.2, 0.25) is 5.02 Å². The molecule has 0 aliphatic heterocycles. The molecule has 0 spiro atoms.